The lowest BCUT2D eigenvalue weighted by Gasteiger charge is -2.57. The molecule has 0 aromatic heterocycles. The average molecular weight is 468 g/mol. The highest BCUT2D eigenvalue weighted by atomic mass is 16.9. The second kappa shape index (κ2) is 10.1. The zero-order valence-electron chi connectivity index (χ0n) is 18.0. The Hall–Kier alpha value is -2.36. The number of carbonyl (C=O) groups is 4. The molecule has 0 aromatic carbocycles. The van der Waals surface area contributed by atoms with Gasteiger partial charge in [-0.1, -0.05) is 27.7 Å². The zero-order valence-corrected chi connectivity index (χ0v) is 18.0. The Morgan fingerprint density at radius 1 is 0.688 bits per heavy atom. The summed E-state index contributed by atoms with van der Waals surface area (Å²) >= 11 is 0. The minimum absolute atomic E-state index is 0.430. The molecule has 0 aliphatic carbocycles. The van der Waals surface area contributed by atoms with Crippen molar-refractivity contribution in [3.63, 3.8) is 0 Å². The molecule has 1 fully saturated rings. The Bertz CT molecular complexity index is 739. The second-order valence-electron chi connectivity index (χ2n) is 6.67. The van der Waals surface area contributed by atoms with E-state index >= 15 is 0 Å². The number of rotatable bonds is 9. The van der Waals surface area contributed by atoms with Gasteiger partial charge in [0, 0.05) is 25.7 Å². The van der Waals surface area contributed by atoms with Gasteiger partial charge in [0.15, 0.2) is 6.10 Å². The van der Waals surface area contributed by atoms with Gasteiger partial charge in [-0.05, 0) is 0 Å². The number of aliphatic hydroxyl groups excluding tert-OH is 1. The maximum absolute atomic E-state index is 12.1. The second-order valence-corrected chi connectivity index (χ2v) is 6.67. The van der Waals surface area contributed by atoms with Crippen LogP contribution in [-0.4, -0.2) is 85.5 Å². The molecule has 1 aliphatic rings. The molecule has 14 heteroatoms. The van der Waals surface area contributed by atoms with Gasteiger partial charge in [0.2, 0.25) is 0 Å². The SMILES string of the molecule is CCC(=O)OC1(O)O[C@H](CO)[C@](O)(OC(=O)CC)[C@](O)(OC(=O)CC)[C@@]1(O)OC(=O)CC. The van der Waals surface area contributed by atoms with Crippen molar-refractivity contribution in [3.8, 4) is 0 Å². The molecule has 1 saturated heterocycles. The molecule has 5 atom stereocenters. The van der Waals surface area contributed by atoms with Gasteiger partial charge in [0.25, 0.3) is 0 Å². The van der Waals surface area contributed by atoms with Gasteiger partial charge in [-0.3, -0.25) is 23.9 Å². The molecule has 0 amide bonds. The van der Waals surface area contributed by atoms with Crippen LogP contribution in [-0.2, 0) is 42.9 Å². The highest BCUT2D eigenvalue weighted by molar-refractivity contribution is 5.73. The molecule has 1 unspecified atom stereocenters. The number of ether oxygens (including phenoxy) is 5. The zero-order chi connectivity index (χ0) is 25.0. The molecule has 184 valence electrons. The monoisotopic (exact) mass is 468 g/mol. The van der Waals surface area contributed by atoms with Crippen LogP contribution in [0.1, 0.15) is 53.4 Å². The summed E-state index contributed by atoms with van der Waals surface area (Å²) in [6, 6.07) is 0. The van der Waals surface area contributed by atoms with E-state index in [4.69, 9.17) is 14.2 Å². The van der Waals surface area contributed by atoms with Crippen LogP contribution in [0.3, 0.4) is 0 Å². The third-order valence-corrected chi connectivity index (χ3v) is 4.48. The van der Waals surface area contributed by atoms with E-state index in [1.807, 2.05) is 0 Å². The molecule has 1 rings (SSSR count). The van der Waals surface area contributed by atoms with Crippen molar-refractivity contribution < 1.29 is 68.4 Å². The highest BCUT2D eigenvalue weighted by Gasteiger charge is 2.87. The fraction of sp³-hybridized carbons (Fsp3) is 0.778. The Balaban J connectivity index is 3.93. The first-order valence-corrected chi connectivity index (χ1v) is 9.79. The fourth-order valence-corrected chi connectivity index (χ4v) is 2.64. The van der Waals surface area contributed by atoms with Crippen molar-refractivity contribution >= 4 is 23.9 Å². The first-order chi connectivity index (χ1) is 14.7. The van der Waals surface area contributed by atoms with E-state index in [1.165, 1.54) is 27.7 Å². The summed E-state index contributed by atoms with van der Waals surface area (Å²) in [5.74, 6) is -21.0. The minimum Gasteiger partial charge on any atom is -0.423 e. The first kappa shape index (κ1) is 27.7. The minimum atomic E-state index is -4.11. The maximum Gasteiger partial charge on any atom is 0.404 e. The van der Waals surface area contributed by atoms with Gasteiger partial charge >= 0.3 is 47.2 Å². The van der Waals surface area contributed by atoms with Gasteiger partial charge in [-0.25, -0.2) is 0 Å². The van der Waals surface area contributed by atoms with E-state index in [0.29, 0.717) is 0 Å². The maximum atomic E-state index is 12.1. The Labute approximate surface area is 182 Å². The molecule has 5 N–H and O–H groups in total. The molecule has 0 radical (unpaired) electrons. The Morgan fingerprint density at radius 3 is 1.47 bits per heavy atom. The lowest BCUT2D eigenvalue weighted by molar-refractivity contribution is -0.593. The van der Waals surface area contributed by atoms with Crippen molar-refractivity contribution in [2.24, 2.45) is 0 Å². The van der Waals surface area contributed by atoms with E-state index in [0.717, 1.165) is 0 Å². The summed E-state index contributed by atoms with van der Waals surface area (Å²) in [6.45, 7) is 3.62. The van der Waals surface area contributed by atoms with Crippen molar-refractivity contribution in [2.45, 2.75) is 82.8 Å². The molecule has 1 heterocycles. The van der Waals surface area contributed by atoms with E-state index in [1.54, 1.807) is 0 Å². The van der Waals surface area contributed by atoms with Crippen molar-refractivity contribution in [1.82, 2.24) is 0 Å². The molecule has 14 nitrogen and oxygen atoms in total. The number of hydrogen-bond acceptors (Lipinski definition) is 14. The van der Waals surface area contributed by atoms with Gasteiger partial charge < -0.3 is 44.5 Å². The summed E-state index contributed by atoms with van der Waals surface area (Å²) in [5.41, 5.74) is 0. The molecule has 0 spiro atoms. The van der Waals surface area contributed by atoms with E-state index in [9.17, 15) is 44.7 Å². The summed E-state index contributed by atoms with van der Waals surface area (Å²) in [6.07, 6.45) is -4.27. The topological polar surface area (TPSA) is 216 Å². The van der Waals surface area contributed by atoms with Gasteiger partial charge in [0.1, 0.15) is 0 Å². The van der Waals surface area contributed by atoms with Crippen LogP contribution in [0.4, 0.5) is 0 Å². The van der Waals surface area contributed by atoms with Crippen molar-refractivity contribution in [1.29, 1.82) is 0 Å². The average Bonchev–Trinajstić information content (AvgIpc) is 2.75. The molecular formula is C18H28O14. The van der Waals surface area contributed by atoms with Crippen molar-refractivity contribution in [2.75, 3.05) is 6.61 Å². The smallest absolute Gasteiger partial charge is 0.404 e. The number of carbonyl (C=O) groups excluding carboxylic acids is 4. The van der Waals surface area contributed by atoms with E-state index < -0.39 is 85.6 Å². The molecule has 1 aliphatic heterocycles. The molecule has 0 saturated carbocycles. The van der Waals surface area contributed by atoms with Gasteiger partial charge in [0.05, 0.1) is 6.61 Å². The first-order valence-electron chi connectivity index (χ1n) is 9.79. The quantitative estimate of drug-likeness (QED) is 0.139. The number of aliphatic hydroxyl groups is 5. The Morgan fingerprint density at radius 2 is 1.06 bits per heavy atom. The van der Waals surface area contributed by atoms with Crippen LogP contribution in [0, 0.1) is 0 Å². The predicted molar refractivity (Wildman–Crippen MR) is 97.3 cm³/mol. The molecule has 0 bridgehead atoms. The largest absolute Gasteiger partial charge is 0.423 e. The third-order valence-electron chi connectivity index (χ3n) is 4.48. The lowest BCUT2D eigenvalue weighted by atomic mass is 9.85. The van der Waals surface area contributed by atoms with Crippen LogP contribution < -0.4 is 0 Å². The van der Waals surface area contributed by atoms with Crippen LogP contribution in [0.5, 0.6) is 0 Å². The van der Waals surface area contributed by atoms with Crippen molar-refractivity contribution in [3.05, 3.63) is 0 Å². The standard InChI is InChI=1S/C18H28O14/c1-5-11(20)29-15(24)10(9-19)28-18(27,32-14(23)8-4)17(26,31-13(22)7-3)16(15,25)30-12(21)6-2/h10,19,24-27H,5-9H2,1-4H3/t10-,15+,16+,17-,18?/m1/s1. The lowest BCUT2D eigenvalue weighted by Crippen LogP contribution is -2.87. The molecule has 32 heavy (non-hydrogen) atoms. The summed E-state index contributed by atoms with van der Waals surface area (Å²) in [5, 5.41) is 54.1. The number of esters is 4. The van der Waals surface area contributed by atoms with Gasteiger partial charge in [-0.15, -0.1) is 0 Å². The van der Waals surface area contributed by atoms with Crippen LogP contribution in [0.2, 0.25) is 0 Å². The highest BCUT2D eigenvalue weighted by Crippen LogP contribution is 2.51. The molecular weight excluding hydrogens is 440 g/mol. The van der Waals surface area contributed by atoms with Gasteiger partial charge in [-0.2, -0.15) is 0 Å². The summed E-state index contributed by atoms with van der Waals surface area (Å²) in [7, 11) is 0. The summed E-state index contributed by atoms with van der Waals surface area (Å²) in [4.78, 5) is 48.0. The fourth-order valence-electron chi connectivity index (χ4n) is 2.64. The normalized spacial score (nSPS) is 34.3. The predicted octanol–water partition coefficient (Wildman–Crippen LogP) is -2.10. The molecule has 0 aromatic rings. The number of hydrogen-bond donors (Lipinski definition) is 5. The van der Waals surface area contributed by atoms with E-state index in [2.05, 4.69) is 9.47 Å². The Kier molecular flexibility index (Phi) is 8.70. The van der Waals surface area contributed by atoms with Crippen LogP contribution in [0.15, 0.2) is 0 Å². The van der Waals surface area contributed by atoms with Crippen LogP contribution >= 0.6 is 0 Å². The van der Waals surface area contributed by atoms with E-state index in [-0.39, 0.29) is 0 Å². The van der Waals surface area contributed by atoms with Crippen LogP contribution in [0.25, 0.3) is 0 Å². The third kappa shape index (κ3) is 4.55. The summed E-state index contributed by atoms with van der Waals surface area (Å²) < 4.78 is 23.6.